The zero-order valence-electron chi connectivity index (χ0n) is 16.6. The lowest BCUT2D eigenvalue weighted by molar-refractivity contribution is -0.131. The van der Waals surface area contributed by atoms with Gasteiger partial charge in [-0.2, -0.15) is 13.2 Å². The highest BCUT2D eigenvalue weighted by Crippen LogP contribution is 2.62. The van der Waals surface area contributed by atoms with Gasteiger partial charge in [0.2, 0.25) is 0 Å². The second-order valence-corrected chi connectivity index (χ2v) is 10.7. The topological polar surface area (TPSA) is 143 Å². The van der Waals surface area contributed by atoms with E-state index in [1.807, 2.05) is 0 Å². The number of carbonyl (C=O) groups excluding carboxylic acids is 2. The predicted molar refractivity (Wildman–Crippen MR) is 105 cm³/mol. The minimum Gasteiger partial charge on any atom is -0.417 e. The molecule has 4 aliphatic rings. The third kappa shape index (κ3) is 3.25. The molecule has 1 N–H and O–H groups in total. The first-order chi connectivity index (χ1) is 14.8. The summed E-state index contributed by atoms with van der Waals surface area (Å²) in [6, 6.07) is 3.49. The summed E-state index contributed by atoms with van der Waals surface area (Å²) in [5.74, 6) is 0.711. The first kappa shape index (κ1) is 20.5. The van der Waals surface area contributed by atoms with Crippen LogP contribution >= 0.6 is 0 Å². The first-order valence-corrected chi connectivity index (χ1v) is 11.9. The lowest BCUT2D eigenvalue weighted by Gasteiger charge is -2.30. The van der Waals surface area contributed by atoms with E-state index in [1.165, 1.54) is 18.6 Å². The van der Waals surface area contributed by atoms with Crippen LogP contribution in [0.4, 0.5) is 0 Å². The molecule has 6 unspecified atom stereocenters. The summed E-state index contributed by atoms with van der Waals surface area (Å²) in [6.07, 6.45) is 4.10. The smallest absolute Gasteiger partial charge is 0.417 e. The van der Waals surface area contributed by atoms with Gasteiger partial charge in [0.05, 0.1) is 17.1 Å². The zero-order valence-corrected chi connectivity index (χ0v) is 17.5. The molecule has 31 heavy (non-hydrogen) atoms. The van der Waals surface area contributed by atoms with Gasteiger partial charge in [-0.1, -0.05) is 0 Å². The molecule has 10 heteroatoms. The fourth-order valence-electron chi connectivity index (χ4n) is 6.31. The van der Waals surface area contributed by atoms with Crippen molar-refractivity contribution in [2.75, 3.05) is 13.2 Å². The van der Waals surface area contributed by atoms with Gasteiger partial charge in [0, 0.05) is 6.61 Å². The van der Waals surface area contributed by atoms with Crippen LogP contribution in [0.5, 0.6) is 5.75 Å². The van der Waals surface area contributed by atoms with E-state index in [-0.39, 0.29) is 35.3 Å². The van der Waals surface area contributed by atoms with Gasteiger partial charge in [-0.05, 0) is 79.4 Å². The van der Waals surface area contributed by atoms with Crippen LogP contribution in [0.1, 0.15) is 36.0 Å². The van der Waals surface area contributed by atoms with Crippen molar-refractivity contribution < 1.29 is 36.8 Å². The van der Waals surface area contributed by atoms with Crippen LogP contribution in [0.25, 0.3) is 5.53 Å². The van der Waals surface area contributed by atoms with E-state index in [1.54, 1.807) is 0 Å². The van der Waals surface area contributed by atoms with Crippen LogP contribution in [-0.2, 0) is 19.1 Å². The van der Waals surface area contributed by atoms with Crippen molar-refractivity contribution in [1.82, 2.24) is 0 Å². The number of hydrogen-bond acceptors (Lipinski definition) is 7. The maximum atomic E-state index is 12.7. The van der Waals surface area contributed by atoms with Crippen LogP contribution in [-0.4, -0.2) is 49.0 Å². The molecule has 3 fully saturated rings. The lowest BCUT2D eigenvalue weighted by atomic mass is 9.76. The van der Waals surface area contributed by atoms with Gasteiger partial charge in [-0.25, -0.2) is 4.79 Å². The summed E-state index contributed by atoms with van der Waals surface area (Å²) in [5.41, 5.74) is 7.85. The standard InChI is InChI=1S/C21H22N2O7S/c22-23-19-20(25)17-7-13(1-2-18(17)30-21(19)26)31(27,28)29-9-10-3-14-11-5-12(8-24)15(6-11)16(14)4-10/h1-2,7,10-12,14-16,24H,3-6,8-9H2. The van der Waals surface area contributed by atoms with E-state index in [9.17, 15) is 23.1 Å². The minimum atomic E-state index is -4.13. The number of esters is 1. The van der Waals surface area contributed by atoms with Gasteiger partial charge in [0.1, 0.15) is 5.75 Å². The fraction of sp³-hybridized carbons (Fsp3) is 0.571. The molecule has 1 aromatic carbocycles. The van der Waals surface area contributed by atoms with Crippen molar-refractivity contribution >= 4 is 27.6 Å². The van der Waals surface area contributed by atoms with Gasteiger partial charge in [-0.3, -0.25) is 8.98 Å². The Morgan fingerprint density at radius 3 is 2.65 bits per heavy atom. The highest BCUT2D eigenvalue weighted by Gasteiger charge is 2.55. The van der Waals surface area contributed by atoms with Gasteiger partial charge in [0.15, 0.2) is 0 Å². The van der Waals surface area contributed by atoms with E-state index >= 15 is 0 Å². The second kappa shape index (κ2) is 7.34. The average Bonchev–Trinajstić information content (AvgIpc) is 3.44. The normalized spacial score (nSPS) is 33.8. The Hall–Kier alpha value is -2.39. The Morgan fingerprint density at radius 1 is 1.13 bits per heavy atom. The minimum absolute atomic E-state index is 0.0714. The average molecular weight is 446 g/mol. The fourth-order valence-corrected chi connectivity index (χ4v) is 7.32. The van der Waals surface area contributed by atoms with Gasteiger partial charge in [-0.15, -0.1) is 0 Å². The molecule has 3 aliphatic carbocycles. The number of benzene rings is 1. The molecule has 9 nitrogen and oxygen atoms in total. The number of carbonyl (C=O) groups is 2. The third-order valence-electron chi connectivity index (χ3n) is 7.59. The zero-order chi connectivity index (χ0) is 21.9. The summed E-state index contributed by atoms with van der Waals surface area (Å²) < 4.78 is 35.7. The number of Topliss-reactive ketones (excluding diaryl/α,β-unsaturated/α-hetero) is 1. The van der Waals surface area contributed by atoms with E-state index in [4.69, 9.17) is 14.5 Å². The highest BCUT2D eigenvalue weighted by atomic mass is 32.2. The molecule has 1 aliphatic heterocycles. The van der Waals surface area contributed by atoms with E-state index in [2.05, 4.69) is 4.79 Å². The summed E-state index contributed by atoms with van der Waals surface area (Å²) in [6.45, 7) is 0.303. The van der Waals surface area contributed by atoms with Crippen molar-refractivity contribution in [2.45, 2.75) is 30.6 Å². The van der Waals surface area contributed by atoms with Gasteiger partial charge >= 0.3 is 11.7 Å². The third-order valence-corrected chi connectivity index (χ3v) is 8.87. The van der Waals surface area contributed by atoms with E-state index in [0.717, 1.165) is 25.3 Å². The number of rotatable bonds is 5. The molecule has 0 aromatic heterocycles. The maximum Gasteiger partial charge on any atom is 0.446 e. The first-order valence-electron chi connectivity index (χ1n) is 10.5. The van der Waals surface area contributed by atoms with Gasteiger partial charge < -0.3 is 15.4 Å². The second-order valence-electron chi connectivity index (χ2n) is 9.07. The maximum absolute atomic E-state index is 12.7. The van der Waals surface area contributed by atoms with Crippen molar-refractivity contribution in [3.05, 3.63) is 29.3 Å². The molecule has 0 saturated heterocycles. The van der Waals surface area contributed by atoms with Crippen LogP contribution in [0.15, 0.2) is 23.1 Å². The monoisotopic (exact) mass is 446 g/mol. The van der Waals surface area contributed by atoms with Crippen molar-refractivity contribution in [3.63, 3.8) is 0 Å². The molecular formula is C21H22N2O7S. The highest BCUT2D eigenvalue weighted by molar-refractivity contribution is 7.86. The number of aliphatic hydroxyl groups excluding tert-OH is 1. The number of ketones is 1. The number of hydrogen-bond donors (Lipinski definition) is 1. The summed E-state index contributed by atoms with van der Waals surface area (Å²) in [5, 5.41) is 9.58. The molecular weight excluding hydrogens is 424 g/mol. The van der Waals surface area contributed by atoms with Crippen LogP contribution in [0, 0.1) is 35.5 Å². The number of nitrogens with zero attached hydrogens (tertiary/aromatic N) is 2. The SMILES string of the molecule is [N-]=[N+]=C1C(=O)Oc2ccc(S(=O)(=O)OCC3CC4C5CC(CO)C(C5)C4C3)cc2C1=O. The van der Waals surface area contributed by atoms with Crippen molar-refractivity contribution in [3.8, 4) is 5.75 Å². The molecule has 0 radical (unpaired) electrons. The van der Waals surface area contributed by atoms with E-state index < -0.39 is 27.6 Å². The van der Waals surface area contributed by atoms with Gasteiger partial charge in [0.25, 0.3) is 15.9 Å². The van der Waals surface area contributed by atoms with Crippen LogP contribution in [0.2, 0.25) is 0 Å². The molecule has 2 bridgehead atoms. The molecule has 0 spiro atoms. The molecule has 164 valence electrons. The van der Waals surface area contributed by atoms with Crippen molar-refractivity contribution in [1.29, 1.82) is 0 Å². The molecule has 0 amide bonds. The Bertz CT molecular complexity index is 1120. The Balaban J connectivity index is 1.28. The largest absolute Gasteiger partial charge is 0.446 e. The Kier molecular flexibility index (Phi) is 4.86. The molecule has 1 aromatic rings. The Morgan fingerprint density at radius 2 is 1.90 bits per heavy atom. The Labute approximate surface area is 179 Å². The van der Waals surface area contributed by atoms with Crippen LogP contribution < -0.4 is 4.74 Å². The number of ether oxygens (including phenoxy) is 1. The summed E-state index contributed by atoms with van der Waals surface area (Å²) in [7, 11) is -4.13. The lowest BCUT2D eigenvalue weighted by Crippen LogP contribution is -2.34. The molecule has 1 heterocycles. The van der Waals surface area contributed by atoms with Crippen molar-refractivity contribution in [2.24, 2.45) is 35.5 Å². The van der Waals surface area contributed by atoms with Crippen LogP contribution in [0.3, 0.4) is 0 Å². The number of aliphatic hydroxyl groups is 1. The molecule has 3 saturated carbocycles. The summed E-state index contributed by atoms with van der Waals surface area (Å²) in [4.78, 5) is 26.3. The summed E-state index contributed by atoms with van der Waals surface area (Å²) >= 11 is 0. The molecule has 5 rings (SSSR count). The number of fused-ring (bicyclic) bond motifs is 6. The quantitative estimate of drug-likeness (QED) is 0.237. The molecule has 6 atom stereocenters. The predicted octanol–water partition coefficient (Wildman–Crippen LogP) is 1.46. The van der Waals surface area contributed by atoms with E-state index in [0.29, 0.717) is 29.6 Å².